The van der Waals surface area contributed by atoms with E-state index in [4.69, 9.17) is 0 Å². The third kappa shape index (κ3) is 4.58. The molecule has 144 valence electrons. The normalized spacial score (nSPS) is 15.4. The lowest BCUT2D eigenvalue weighted by Gasteiger charge is -2.12. The van der Waals surface area contributed by atoms with E-state index in [1.54, 1.807) is 18.2 Å². The maximum Gasteiger partial charge on any atom is 0.293 e. The molecule has 3 rings (SSSR count). The van der Waals surface area contributed by atoms with Crippen molar-refractivity contribution < 1.29 is 19.2 Å². The number of hydrogen-bond acceptors (Lipinski definition) is 6. The Morgan fingerprint density at radius 1 is 1.07 bits per heavy atom. The molecule has 1 aliphatic rings. The Labute approximate surface area is 170 Å². The van der Waals surface area contributed by atoms with E-state index in [-0.39, 0.29) is 35.9 Å². The van der Waals surface area contributed by atoms with Gasteiger partial charge in [-0.2, -0.15) is 0 Å². The van der Waals surface area contributed by atoms with Gasteiger partial charge in [0.2, 0.25) is 0 Å². The van der Waals surface area contributed by atoms with Crippen LogP contribution in [0.5, 0.6) is 0 Å². The summed E-state index contributed by atoms with van der Waals surface area (Å²) in [5, 5.41) is 2.32. The number of amides is 3. The highest BCUT2D eigenvalue weighted by atomic mass is 32.2. The number of carbonyl (C=O) groups excluding carboxylic acids is 4. The van der Waals surface area contributed by atoms with E-state index in [0.717, 1.165) is 39.1 Å². The van der Waals surface area contributed by atoms with Crippen LogP contribution in [0.15, 0.2) is 41.3 Å². The van der Waals surface area contributed by atoms with Crippen molar-refractivity contribution >= 4 is 52.0 Å². The number of Topliss-reactive ketones (excluding diaryl/α,β-unsaturated/α-hetero) is 1. The monoisotopic (exact) mass is 414 g/mol. The van der Waals surface area contributed by atoms with Gasteiger partial charge < -0.3 is 5.32 Å². The lowest BCUT2D eigenvalue weighted by molar-refractivity contribution is -0.122. The number of imide groups is 1. The minimum atomic E-state index is -0.361. The first-order chi connectivity index (χ1) is 13.3. The Morgan fingerprint density at radius 2 is 1.75 bits per heavy atom. The molecule has 3 amide bonds. The van der Waals surface area contributed by atoms with E-state index in [0.29, 0.717) is 14.7 Å². The molecule has 1 saturated heterocycles. The van der Waals surface area contributed by atoms with Crippen LogP contribution in [0.4, 0.5) is 4.79 Å². The Bertz CT molecular complexity index is 976. The highest BCUT2D eigenvalue weighted by Gasteiger charge is 2.34. The Balaban J connectivity index is 1.57. The molecule has 0 spiro atoms. The second kappa shape index (κ2) is 8.53. The summed E-state index contributed by atoms with van der Waals surface area (Å²) >= 11 is 2.01. The average molecular weight is 415 g/mol. The molecule has 0 bridgehead atoms. The van der Waals surface area contributed by atoms with Gasteiger partial charge in [-0.15, -0.1) is 11.3 Å². The summed E-state index contributed by atoms with van der Waals surface area (Å²) in [6.45, 7) is 3.65. The average Bonchev–Trinajstić information content (AvgIpc) is 3.25. The lowest BCUT2D eigenvalue weighted by Crippen LogP contribution is -2.37. The Morgan fingerprint density at radius 3 is 2.39 bits per heavy atom. The van der Waals surface area contributed by atoms with Crippen molar-refractivity contribution in [3.8, 4) is 0 Å². The summed E-state index contributed by atoms with van der Waals surface area (Å²) in [5.41, 5.74) is 1.96. The van der Waals surface area contributed by atoms with Gasteiger partial charge >= 0.3 is 0 Å². The second-order valence-corrected chi connectivity index (χ2v) is 8.30. The minimum absolute atomic E-state index is 0.0899. The maximum atomic E-state index is 12.5. The van der Waals surface area contributed by atoms with E-state index in [1.807, 2.05) is 31.2 Å². The molecule has 8 heteroatoms. The van der Waals surface area contributed by atoms with Gasteiger partial charge in [-0.1, -0.05) is 29.8 Å². The number of aryl methyl sites for hydroxylation is 1. The standard InChI is InChI=1S/C20H18N2O4S2/c1-12-3-5-14(6-4-12)11-17-19(25)22(20(26)28-17)10-9-21-18(24)16-8-7-15(27-16)13(2)23/h3-8,11H,9-10H2,1-2H3,(H,21,24)/b17-11-. The molecule has 28 heavy (non-hydrogen) atoms. The topological polar surface area (TPSA) is 83.6 Å². The van der Waals surface area contributed by atoms with Gasteiger partial charge in [0.25, 0.3) is 17.1 Å². The van der Waals surface area contributed by atoms with Crippen LogP contribution in [0.1, 0.15) is 37.4 Å². The lowest BCUT2D eigenvalue weighted by atomic mass is 10.1. The number of hydrogen-bond donors (Lipinski definition) is 1. The van der Waals surface area contributed by atoms with Gasteiger partial charge in [0.1, 0.15) is 0 Å². The first kappa shape index (κ1) is 20.0. The van der Waals surface area contributed by atoms with Crippen LogP contribution in [-0.4, -0.2) is 40.8 Å². The number of thiophene rings is 1. The van der Waals surface area contributed by atoms with Crippen LogP contribution in [0, 0.1) is 6.92 Å². The maximum absolute atomic E-state index is 12.5. The number of carbonyl (C=O) groups is 4. The molecule has 1 fully saturated rings. The predicted octanol–water partition coefficient (Wildman–Crippen LogP) is 3.73. The molecule has 1 aliphatic heterocycles. The summed E-state index contributed by atoms with van der Waals surface area (Å²) in [7, 11) is 0. The molecule has 1 N–H and O–H groups in total. The van der Waals surface area contributed by atoms with Crippen molar-refractivity contribution in [3.63, 3.8) is 0 Å². The van der Waals surface area contributed by atoms with Gasteiger partial charge in [-0.3, -0.25) is 24.1 Å². The van der Waals surface area contributed by atoms with E-state index in [1.165, 1.54) is 6.92 Å². The highest BCUT2D eigenvalue weighted by Crippen LogP contribution is 2.31. The molecular formula is C20H18N2O4S2. The van der Waals surface area contributed by atoms with E-state index < -0.39 is 0 Å². The van der Waals surface area contributed by atoms with Gasteiger partial charge in [0, 0.05) is 13.1 Å². The van der Waals surface area contributed by atoms with Gasteiger partial charge in [0.15, 0.2) is 5.78 Å². The molecular weight excluding hydrogens is 396 g/mol. The van der Waals surface area contributed by atoms with E-state index >= 15 is 0 Å². The van der Waals surface area contributed by atoms with Crippen LogP contribution in [-0.2, 0) is 4.79 Å². The molecule has 2 aromatic rings. The number of nitrogens with one attached hydrogen (secondary N) is 1. The fraction of sp³-hybridized carbons (Fsp3) is 0.200. The zero-order valence-corrected chi connectivity index (χ0v) is 17.0. The predicted molar refractivity (Wildman–Crippen MR) is 111 cm³/mol. The fourth-order valence-electron chi connectivity index (χ4n) is 2.52. The molecule has 0 aliphatic carbocycles. The largest absolute Gasteiger partial charge is 0.350 e. The first-order valence-electron chi connectivity index (χ1n) is 8.56. The van der Waals surface area contributed by atoms with Crippen molar-refractivity contribution in [1.29, 1.82) is 0 Å². The van der Waals surface area contributed by atoms with Crippen LogP contribution in [0.2, 0.25) is 0 Å². The summed E-state index contributed by atoms with van der Waals surface area (Å²) in [4.78, 5) is 50.5. The fourth-order valence-corrected chi connectivity index (χ4v) is 4.21. The SMILES string of the molecule is CC(=O)c1ccc(C(=O)NCCN2C(=O)S/C(=C\c3ccc(C)cc3)C2=O)s1. The van der Waals surface area contributed by atoms with Gasteiger partial charge in [-0.25, -0.2) is 0 Å². The number of rotatable bonds is 6. The third-order valence-corrected chi connectivity index (χ3v) is 6.14. The summed E-state index contributed by atoms with van der Waals surface area (Å²) in [6, 6.07) is 10.8. The quantitative estimate of drug-likeness (QED) is 0.575. The van der Waals surface area contributed by atoms with Crippen molar-refractivity contribution in [2.45, 2.75) is 13.8 Å². The van der Waals surface area contributed by atoms with Crippen LogP contribution < -0.4 is 5.32 Å². The van der Waals surface area contributed by atoms with Crippen molar-refractivity contribution in [2.75, 3.05) is 13.1 Å². The Kier molecular flexibility index (Phi) is 6.11. The molecule has 1 aromatic carbocycles. The molecule has 6 nitrogen and oxygen atoms in total. The highest BCUT2D eigenvalue weighted by molar-refractivity contribution is 8.18. The van der Waals surface area contributed by atoms with Crippen molar-refractivity contribution in [2.24, 2.45) is 0 Å². The smallest absolute Gasteiger partial charge is 0.293 e. The zero-order chi connectivity index (χ0) is 20.3. The van der Waals surface area contributed by atoms with Crippen LogP contribution in [0.25, 0.3) is 6.08 Å². The molecule has 2 heterocycles. The van der Waals surface area contributed by atoms with Gasteiger partial charge in [0.05, 0.1) is 14.7 Å². The Hall–Kier alpha value is -2.71. The zero-order valence-electron chi connectivity index (χ0n) is 15.4. The summed E-state index contributed by atoms with van der Waals surface area (Å²) in [6.07, 6.45) is 1.69. The number of thioether (sulfide) groups is 1. The third-order valence-electron chi connectivity index (χ3n) is 4.05. The molecule has 0 radical (unpaired) electrons. The number of ketones is 1. The second-order valence-electron chi connectivity index (χ2n) is 6.22. The van der Waals surface area contributed by atoms with Gasteiger partial charge in [-0.05, 0) is 49.4 Å². The minimum Gasteiger partial charge on any atom is -0.350 e. The van der Waals surface area contributed by atoms with Crippen LogP contribution in [0.3, 0.4) is 0 Å². The van der Waals surface area contributed by atoms with Crippen molar-refractivity contribution in [3.05, 3.63) is 62.2 Å². The summed E-state index contributed by atoms with van der Waals surface area (Å²) in [5.74, 6) is -0.790. The van der Waals surface area contributed by atoms with E-state index in [2.05, 4.69) is 5.32 Å². The molecule has 0 unspecified atom stereocenters. The molecule has 1 aromatic heterocycles. The van der Waals surface area contributed by atoms with Crippen LogP contribution >= 0.6 is 23.1 Å². The number of benzene rings is 1. The summed E-state index contributed by atoms with van der Waals surface area (Å²) < 4.78 is 0. The first-order valence-corrected chi connectivity index (χ1v) is 10.2. The molecule has 0 saturated carbocycles. The number of nitrogens with zero attached hydrogens (tertiary/aromatic N) is 1. The van der Waals surface area contributed by atoms with E-state index in [9.17, 15) is 19.2 Å². The van der Waals surface area contributed by atoms with Crippen molar-refractivity contribution in [1.82, 2.24) is 10.2 Å². The molecule has 0 atom stereocenters.